The number of methoxy groups -OCH3 is 1. The molecule has 0 heterocycles. The molecule has 0 radical (unpaired) electrons. The van der Waals surface area contributed by atoms with Gasteiger partial charge in [-0.05, 0) is 45.9 Å². The largest absolute Gasteiger partial charge is 0.504 e. The van der Waals surface area contributed by atoms with Crippen LogP contribution in [0.15, 0.2) is 42.5 Å². The summed E-state index contributed by atoms with van der Waals surface area (Å²) in [5.41, 5.74) is -0.253. The summed E-state index contributed by atoms with van der Waals surface area (Å²) < 4.78 is 21.5. The zero-order valence-corrected chi connectivity index (χ0v) is 18.1. The van der Waals surface area contributed by atoms with Crippen LogP contribution >= 0.6 is 0 Å². The molecule has 0 atom stereocenters. The second-order valence-corrected chi connectivity index (χ2v) is 7.83. The highest BCUT2D eigenvalue weighted by atomic mass is 16.6. The number of carbonyl (C=O) groups excluding carboxylic acids is 2. The first kappa shape index (κ1) is 23.6. The number of rotatable bonds is 7. The van der Waals surface area contributed by atoms with Crippen molar-refractivity contribution in [3.05, 3.63) is 48.0 Å². The lowest BCUT2D eigenvalue weighted by molar-refractivity contribution is -0.143. The van der Waals surface area contributed by atoms with Gasteiger partial charge in [0.25, 0.3) is 0 Å². The molecule has 0 unspecified atom stereocenters. The van der Waals surface area contributed by atoms with Crippen molar-refractivity contribution in [3.8, 4) is 34.5 Å². The van der Waals surface area contributed by atoms with Crippen molar-refractivity contribution in [2.45, 2.75) is 34.3 Å². The van der Waals surface area contributed by atoms with Crippen LogP contribution in [0, 0.1) is 5.41 Å². The van der Waals surface area contributed by atoms with Gasteiger partial charge in [0.1, 0.15) is 12.4 Å². The minimum Gasteiger partial charge on any atom is -0.504 e. The van der Waals surface area contributed by atoms with E-state index < -0.39 is 17.4 Å². The number of para-hydroxylation sites is 1. The Morgan fingerprint density at radius 1 is 1.00 bits per heavy atom. The highest BCUT2D eigenvalue weighted by Crippen LogP contribution is 2.39. The first-order chi connectivity index (χ1) is 14.4. The maximum Gasteiger partial charge on any atom is 0.338 e. The topological polar surface area (TPSA) is 112 Å². The third-order valence-electron chi connectivity index (χ3n) is 4.06. The minimum atomic E-state index is -0.782. The molecule has 2 aromatic carbocycles. The van der Waals surface area contributed by atoms with E-state index in [0.29, 0.717) is 5.56 Å². The number of carbonyl (C=O) groups is 2. The molecule has 8 nitrogen and oxygen atoms in total. The molecule has 0 amide bonds. The van der Waals surface area contributed by atoms with Crippen molar-refractivity contribution in [3.63, 3.8) is 0 Å². The molecular weight excluding hydrogens is 404 g/mol. The maximum atomic E-state index is 12.3. The molecule has 0 saturated heterocycles. The zero-order valence-electron chi connectivity index (χ0n) is 18.1. The van der Waals surface area contributed by atoms with Gasteiger partial charge in [0.2, 0.25) is 5.75 Å². The molecule has 0 spiro atoms. The lowest BCUT2D eigenvalue weighted by Crippen LogP contribution is -2.26. The SMILES string of the molecule is C=C(C)C(=O)Oc1cccc(O)c1OCc1cc(OC)c(O)cc1OC(=O)C(C)(C)C. The fourth-order valence-electron chi connectivity index (χ4n) is 2.28. The lowest BCUT2D eigenvalue weighted by Gasteiger charge is -2.19. The Kier molecular flexibility index (Phi) is 7.17. The predicted molar refractivity (Wildman–Crippen MR) is 113 cm³/mol. The van der Waals surface area contributed by atoms with Crippen molar-refractivity contribution in [1.29, 1.82) is 0 Å². The molecule has 0 aromatic heterocycles. The molecule has 0 fully saturated rings. The van der Waals surface area contributed by atoms with E-state index in [1.165, 1.54) is 44.4 Å². The number of hydrogen-bond donors (Lipinski definition) is 2. The lowest BCUT2D eigenvalue weighted by atomic mass is 9.97. The van der Waals surface area contributed by atoms with E-state index >= 15 is 0 Å². The van der Waals surface area contributed by atoms with Crippen molar-refractivity contribution >= 4 is 11.9 Å². The molecule has 166 valence electrons. The normalized spacial score (nSPS) is 10.9. The van der Waals surface area contributed by atoms with Gasteiger partial charge in [0.15, 0.2) is 23.0 Å². The van der Waals surface area contributed by atoms with Crippen LogP contribution in [0.4, 0.5) is 0 Å². The first-order valence-corrected chi connectivity index (χ1v) is 9.38. The van der Waals surface area contributed by atoms with Gasteiger partial charge in [-0.2, -0.15) is 0 Å². The van der Waals surface area contributed by atoms with Crippen molar-refractivity contribution < 1.29 is 38.7 Å². The molecule has 0 saturated carbocycles. The van der Waals surface area contributed by atoms with Gasteiger partial charge in [0, 0.05) is 17.2 Å². The Labute approximate surface area is 180 Å². The molecule has 2 N–H and O–H groups in total. The molecular formula is C23H26O8. The minimum absolute atomic E-state index is 0.00743. The van der Waals surface area contributed by atoms with Gasteiger partial charge in [-0.25, -0.2) is 4.79 Å². The third kappa shape index (κ3) is 5.91. The van der Waals surface area contributed by atoms with Gasteiger partial charge in [-0.1, -0.05) is 12.6 Å². The summed E-state index contributed by atoms with van der Waals surface area (Å²) in [7, 11) is 1.37. The van der Waals surface area contributed by atoms with Crippen LogP contribution in [-0.2, 0) is 16.2 Å². The highest BCUT2D eigenvalue weighted by molar-refractivity contribution is 5.89. The second-order valence-electron chi connectivity index (χ2n) is 7.83. The van der Waals surface area contributed by atoms with Gasteiger partial charge in [-0.3, -0.25) is 4.79 Å². The van der Waals surface area contributed by atoms with Crippen LogP contribution in [0.1, 0.15) is 33.3 Å². The average molecular weight is 430 g/mol. The van der Waals surface area contributed by atoms with Crippen LogP contribution in [0.2, 0.25) is 0 Å². The Bertz CT molecular complexity index is 1000. The van der Waals surface area contributed by atoms with Crippen molar-refractivity contribution in [2.75, 3.05) is 7.11 Å². The summed E-state index contributed by atoms with van der Waals surface area (Å²) in [5.74, 6) is -1.56. The van der Waals surface area contributed by atoms with Crippen LogP contribution in [-0.4, -0.2) is 29.3 Å². The fourth-order valence-corrected chi connectivity index (χ4v) is 2.28. The smallest absolute Gasteiger partial charge is 0.338 e. The van der Waals surface area contributed by atoms with Crippen LogP contribution in [0.3, 0.4) is 0 Å². The van der Waals surface area contributed by atoms with E-state index in [2.05, 4.69) is 6.58 Å². The van der Waals surface area contributed by atoms with E-state index in [1.54, 1.807) is 20.8 Å². The van der Waals surface area contributed by atoms with Gasteiger partial charge in [0.05, 0.1) is 12.5 Å². The van der Waals surface area contributed by atoms with Crippen LogP contribution in [0.25, 0.3) is 0 Å². The number of hydrogen-bond acceptors (Lipinski definition) is 8. The number of esters is 2. The quantitative estimate of drug-likeness (QED) is 0.383. The molecule has 0 aliphatic heterocycles. The van der Waals surface area contributed by atoms with E-state index in [9.17, 15) is 19.8 Å². The van der Waals surface area contributed by atoms with E-state index in [4.69, 9.17) is 18.9 Å². The molecule has 8 heteroatoms. The predicted octanol–water partition coefficient (Wildman–Crippen LogP) is 4.12. The second kappa shape index (κ2) is 9.42. The number of aromatic hydroxyl groups is 2. The van der Waals surface area contributed by atoms with E-state index in [-0.39, 0.29) is 46.7 Å². The first-order valence-electron chi connectivity index (χ1n) is 9.38. The highest BCUT2D eigenvalue weighted by Gasteiger charge is 2.26. The van der Waals surface area contributed by atoms with Crippen LogP contribution < -0.4 is 18.9 Å². The fraction of sp³-hybridized carbons (Fsp3) is 0.304. The Balaban J connectivity index is 2.37. The molecule has 0 aliphatic carbocycles. The molecule has 0 bridgehead atoms. The standard InChI is InChI=1S/C23H26O8/c1-13(2)21(26)30-17-9-7-8-15(24)20(17)29-12-14-10-19(28-6)16(25)11-18(14)31-22(27)23(3,4)5/h7-11,24-25H,1,12H2,2-6H3. The maximum absolute atomic E-state index is 12.3. The number of phenolic OH excluding ortho intramolecular Hbond substituents is 2. The van der Waals surface area contributed by atoms with Crippen LogP contribution in [0.5, 0.6) is 34.5 Å². The van der Waals surface area contributed by atoms with Gasteiger partial charge in [-0.15, -0.1) is 0 Å². The van der Waals surface area contributed by atoms with E-state index in [1.807, 2.05) is 0 Å². The Hall–Kier alpha value is -3.68. The summed E-state index contributed by atoms with van der Waals surface area (Å²) in [5, 5.41) is 20.3. The van der Waals surface area contributed by atoms with Gasteiger partial charge >= 0.3 is 11.9 Å². The summed E-state index contributed by atoms with van der Waals surface area (Å²) in [6.07, 6.45) is 0. The summed E-state index contributed by atoms with van der Waals surface area (Å²) in [6, 6.07) is 7.00. The molecule has 31 heavy (non-hydrogen) atoms. The summed E-state index contributed by atoms with van der Waals surface area (Å²) in [6.45, 7) is 9.89. The zero-order chi connectivity index (χ0) is 23.3. The van der Waals surface area contributed by atoms with E-state index in [0.717, 1.165) is 0 Å². The number of ether oxygens (including phenoxy) is 4. The molecule has 2 aromatic rings. The van der Waals surface area contributed by atoms with Gasteiger partial charge < -0.3 is 29.2 Å². The van der Waals surface area contributed by atoms with Crippen molar-refractivity contribution in [1.82, 2.24) is 0 Å². The third-order valence-corrected chi connectivity index (χ3v) is 4.06. The molecule has 2 rings (SSSR count). The Morgan fingerprint density at radius 3 is 2.26 bits per heavy atom. The monoisotopic (exact) mass is 430 g/mol. The average Bonchev–Trinajstić information content (AvgIpc) is 2.67. The Morgan fingerprint density at radius 2 is 1.68 bits per heavy atom. The van der Waals surface area contributed by atoms with Crippen molar-refractivity contribution in [2.24, 2.45) is 5.41 Å². The molecule has 0 aliphatic rings. The summed E-state index contributed by atoms with van der Waals surface area (Å²) in [4.78, 5) is 24.2. The summed E-state index contributed by atoms with van der Waals surface area (Å²) >= 11 is 0. The number of phenols is 2. The number of benzene rings is 2.